The molecule has 0 saturated carbocycles. The van der Waals surface area contributed by atoms with Crippen LogP contribution >= 0.6 is 23.1 Å². The number of nitrogens with one attached hydrogen (secondary N) is 1. The predicted octanol–water partition coefficient (Wildman–Crippen LogP) is 2.97. The number of thioether (sulfide) groups is 1. The van der Waals surface area contributed by atoms with E-state index < -0.39 is 17.3 Å². The summed E-state index contributed by atoms with van der Waals surface area (Å²) < 4.78 is 6.06. The molecule has 7 nitrogen and oxygen atoms in total. The second kappa shape index (κ2) is 8.02. The molecule has 0 unspecified atom stereocenters. The molecule has 0 saturated heterocycles. The summed E-state index contributed by atoms with van der Waals surface area (Å²) in [5.41, 5.74) is 1.11. The fraction of sp³-hybridized carbons (Fsp3) is 0.556. The fourth-order valence-corrected chi connectivity index (χ4v) is 5.63. The number of carbonyl (C=O) groups is 2. The van der Waals surface area contributed by atoms with E-state index in [4.69, 9.17) is 4.98 Å². The number of aromatic nitrogens is 2. The number of hydrogen-bond donors (Lipinski definition) is 1. The summed E-state index contributed by atoms with van der Waals surface area (Å²) >= 11 is 2.76. The van der Waals surface area contributed by atoms with Crippen molar-refractivity contribution in [1.82, 2.24) is 14.9 Å². The van der Waals surface area contributed by atoms with Crippen LogP contribution < -0.4 is 10.9 Å². The van der Waals surface area contributed by atoms with Crippen LogP contribution in [0.15, 0.2) is 9.95 Å². The molecule has 2 heterocycles. The van der Waals surface area contributed by atoms with Crippen molar-refractivity contribution in [2.45, 2.75) is 57.0 Å². The van der Waals surface area contributed by atoms with Crippen LogP contribution in [0.25, 0.3) is 10.2 Å². The van der Waals surface area contributed by atoms with Crippen LogP contribution in [-0.2, 0) is 28.9 Å². The van der Waals surface area contributed by atoms with E-state index in [1.54, 1.807) is 22.8 Å². The number of methoxy groups -OCH3 is 1. The molecule has 0 aliphatic heterocycles. The third kappa shape index (κ3) is 3.89. The zero-order valence-electron chi connectivity index (χ0n) is 15.8. The lowest BCUT2D eigenvalue weighted by Crippen LogP contribution is -2.36. The molecular weight excluding hydrogens is 386 g/mol. The van der Waals surface area contributed by atoms with E-state index in [-0.39, 0.29) is 5.56 Å². The highest BCUT2D eigenvalue weighted by Gasteiger charge is 2.26. The van der Waals surface area contributed by atoms with Crippen LogP contribution in [0.3, 0.4) is 0 Å². The topological polar surface area (TPSA) is 90.3 Å². The number of amides is 2. The van der Waals surface area contributed by atoms with Crippen LogP contribution in [-0.4, -0.2) is 33.9 Å². The first-order chi connectivity index (χ1) is 12.8. The first-order valence-electron chi connectivity index (χ1n) is 8.96. The highest BCUT2D eigenvalue weighted by atomic mass is 32.2. The van der Waals surface area contributed by atoms with Gasteiger partial charge in [-0.15, -0.1) is 11.3 Å². The molecule has 2 atom stereocenters. The van der Waals surface area contributed by atoms with Crippen molar-refractivity contribution in [3.63, 3.8) is 0 Å². The number of rotatable bonds is 4. The third-order valence-electron chi connectivity index (χ3n) is 4.76. The number of hydrogen-bond acceptors (Lipinski definition) is 7. The molecule has 0 aromatic carbocycles. The van der Waals surface area contributed by atoms with Crippen molar-refractivity contribution in [2.24, 2.45) is 5.92 Å². The van der Waals surface area contributed by atoms with Gasteiger partial charge in [0.2, 0.25) is 5.91 Å². The maximum atomic E-state index is 13.1. The monoisotopic (exact) mass is 409 g/mol. The molecule has 1 aliphatic carbocycles. The highest BCUT2D eigenvalue weighted by Crippen LogP contribution is 2.36. The largest absolute Gasteiger partial charge is 0.453 e. The van der Waals surface area contributed by atoms with E-state index in [0.717, 1.165) is 35.0 Å². The summed E-state index contributed by atoms with van der Waals surface area (Å²) in [6.45, 7) is 6.25. The average Bonchev–Trinajstić information content (AvgIpc) is 2.98. The molecule has 1 N–H and O–H groups in total. The van der Waals surface area contributed by atoms with Gasteiger partial charge in [-0.25, -0.2) is 9.78 Å². The van der Waals surface area contributed by atoms with Gasteiger partial charge in [0.05, 0.1) is 17.7 Å². The Bertz CT molecular complexity index is 950. The quantitative estimate of drug-likeness (QED) is 0.617. The molecule has 0 fully saturated rings. The summed E-state index contributed by atoms with van der Waals surface area (Å²) in [5, 5.41) is 2.78. The Hall–Kier alpha value is -1.87. The number of alkyl carbamates (subject to hydrolysis) is 1. The van der Waals surface area contributed by atoms with Crippen LogP contribution in [0.4, 0.5) is 4.79 Å². The summed E-state index contributed by atoms with van der Waals surface area (Å²) in [7, 11) is 1.20. The summed E-state index contributed by atoms with van der Waals surface area (Å²) in [5.74, 6) is 0.137. The van der Waals surface area contributed by atoms with Gasteiger partial charge < -0.3 is 4.74 Å². The number of imide groups is 1. The molecule has 0 radical (unpaired) electrons. The first kappa shape index (κ1) is 19.9. The first-order valence-corrected chi connectivity index (χ1v) is 10.7. The van der Waals surface area contributed by atoms with E-state index in [2.05, 4.69) is 17.0 Å². The number of fused-ring (bicyclic) bond motifs is 3. The maximum Gasteiger partial charge on any atom is 0.413 e. The summed E-state index contributed by atoms with van der Waals surface area (Å²) in [6.07, 6.45) is 2.19. The van der Waals surface area contributed by atoms with Crippen molar-refractivity contribution in [2.75, 3.05) is 7.11 Å². The number of ether oxygens (including phenoxy) is 1. The minimum absolute atomic E-state index is 0.0439. The minimum atomic E-state index is -0.802. The lowest BCUT2D eigenvalue weighted by Gasteiger charge is -2.18. The zero-order valence-corrected chi connectivity index (χ0v) is 17.5. The third-order valence-corrected chi connectivity index (χ3v) is 7.00. The molecule has 0 spiro atoms. The van der Waals surface area contributed by atoms with E-state index in [1.807, 2.05) is 6.92 Å². The average molecular weight is 410 g/mol. The SMILES string of the molecule is CCn1c(S[C@@H](C)C(=O)NC(=O)OC)nc2sc3c(c2c1=O)CC[C@H](C)C3. The second-order valence-electron chi connectivity index (χ2n) is 6.72. The van der Waals surface area contributed by atoms with Crippen LogP contribution in [0, 0.1) is 5.92 Å². The number of aryl methyl sites for hydroxylation is 1. The molecular formula is C18H23N3O4S2. The van der Waals surface area contributed by atoms with Gasteiger partial charge in [-0.05, 0) is 44.6 Å². The standard InChI is InChI=1S/C18H23N3O4S2/c1-5-21-16(23)13-11-7-6-9(2)8-12(11)27-15(13)20-17(21)26-10(3)14(22)19-18(24)25-4/h9-10H,5-8H2,1-4H3,(H,19,22,24)/t9-,10-/m0/s1. The maximum absolute atomic E-state index is 13.1. The normalized spacial score (nSPS) is 17.4. The molecule has 27 heavy (non-hydrogen) atoms. The summed E-state index contributed by atoms with van der Waals surface area (Å²) in [6, 6.07) is 0. The Morgan fingerprint density at radius 1 is 1.48 bits per heavy atom. The molecule has 146 valence electrons. The Morgan fingerprint density at radius 3 is 2.89 bits per heavy atom. The highest BCUT2D eigenvalue weighted by molar-refractivity contribution is 8.00. The van der Waals surface area contributed by atoms with Crippen molar-refractivity contribution < 1.29 is 14.3 Å². The molecule has 9 heteroatoms. The molecule has 2 amide bonds. The van der Waals surface area contributed by atoms with Gasteiger partial charge in [-0.3, -0.25) is 19.5 Å². The fourth-order valence-electron chi connectivity index (χ4n) is 3.24. The van der Waals surface area contributed by atoms with Gasteiger partial charge in [0.1, 0.15) is 4.83 Å². The van der Waals surface area contributed by atoms with E-state index in [1.165, 1.54) is 23.7 Å². The van der Waals surface area contributed by atoms with Crippen LogP contribution in [0.5, 0.6) is 0 Å². The Labute approximate surface area is 165 Å². The number of thiophene rings is 1. The summed E-state index contributed by atoms with van der Waals surface area (Å²) in [4.78, 5) is 43.2. The van der Waals surface area contributed by atoms with E-state index in [0.29, 0.717) is 17.6 Å². The zero-order chi connectivity index (χ0) is 19.7. The molecule has 1 aliphatic rings. The Balaban J connectivity index is 1.97. The number of nitrogens with zero attached hydrogens (tertiary/aromatic N) is 2. The molecule has 3 rings (SSSR count). The van der Waals surface area contributed by atoms with Gasteiger partial charge in [-0.2, -0.15) is 0 Å². The van der Waals surface area contributed by atoms with Gasteiger partial charge in [0.25, 0.3) is 5.56 Å². The van der Waals surface area contributed by atoms with Crippen LogP contribution in [0.2, 0.25) is 0 Å². The van der Waals surface area contributed by atoms with Gasteiger partial charge in [0, 0.05) is 11.4 Å². The van der Waals surface area contributed by atoms with Crippen molar-refractivity contribution in [1.29, 1.82) is 0 Å². The second-order valence-corrected chi connectivity index (χ2v) is 9.11. The predicted molar refractivity (Wildman–Crippen MR) is 107 cm³/mol. The van der Waals surface area contributed by atoms with Gasteiger partial charge >= 0.3 is 6.09 Å². The minimum Gasteiger partial charge on any atom is -0.453 e. The Kier molecular flexibility index (Phi) is 5.90. The molecule has 2 aromatic rings. The van der Waals surface area contributed by atoms with Crippen LogP contribution in [0.1, 0.15) is 37.6 Å². The Morgan fingerprint density at radius 2 is 2.22 bits per heavy atom. The number of carbonyl (C=O) groups excluding carboxylic acids is 2. The lowest BCUT2D eigenvalue weighted by atomic mass is 9.89. The van der Waals surface area contributed by atoms with E-state index in [9.17, 15) is 14.4 Å². The van der Waals surface area contributed by atoms with Gasteiger partial charge in [-0.1, -0.05) is 18.7 Å². The van der Waals surface area contributed by atoms with Gasteiger partial charge in [0.15, 0.2) is 5.16 Å². The lowest BCUT2D eigenvalue weighted by molar-refractivity contribution is -0.119. The van der Waals surface area contributed by atoms with Crippen molar-refractivity contribution in [3.8, 4) is 0 Å². The van der Waals surface area contributed by atoms with E-state index >= 15 is 0 Å². The molecule has 0 bridgehead atoms. The van der Waals surface area contributed by atoms with Crippen molar-refractivity contribution >= 4 is 45.3 Å². The molecule has 2 aromatic heterocycles. The smallest absolute Gasteiger partial charge is 0.413 e. The van der Waals surface area contributed by atoms with Crippen molar-refractivity contribution in [3.05, 3.63) is 20.8 Å².